The molecule has 0 aliphatic carbocycles. The molecule has 0 amide bonds. The third-order valence-electron chi connectivity index (χ3n) is 0.899. The molecule has 68 valence electrons. The van der Waals surface area contributed by atoms with E-state index in [1.54, 1.807) is 0 Å². The topological polar surface area (TPSA) is 107 Å². The highest BCUT2D eigenvalue weighted by molar-refractivity contribution is 7.68. The molecular weight excluding hydrogens is 194 g/mol. The lowest BCUT2D eigenvalue weighted by Gasteiger charge is -2.13. The molecule has 0 saturated carbocycles. The van der Waals surface area contributed by atoms with Crippen molar-refractivity contribution in [1.82, 2.24) is 0 Å². The van der Waals surface area contributed by atoms with Gasteiger partial charge in [-0.25, -0.2) is 4.57 Å². The van der Waals surface area contributed by atoms with Crippen LogP contribution in [0.2, 0.25) is 0 Å². The molecule has 6 nitrogen and oxygen atoms in total. The molecule has 8 heteroatoms. The Morgan fingerprint density at radius 1 is 1.36 bits per heavy atom. The zero-order valence-corrected chi connectivity index (χ0v) is 7.87. The summed E-state index contributed by atoms with van der Waals surface area (Å²) in [6, 6.07) is 0. The molecule has 0 unspecified atom stereocenters. The number of hydrogen-bond donors (Lipinski definition) is 4. The maximum absolute atomic E-state index is 10.1. The van der Waals surface area contributed by atoms with E-state index in [2.05, 4.69) is 4.31 Å². The van der Waals surface area contributed by atoms with E-state index in [-0.39, 0.29) is 0 Å². The molecule has 11 heavy (non-hydrogen) atoms. The fourth-order valence-electron chi connectivity index (χ4n) is 0.251. The highest BCUT2D eigenvalue weighted by atomic mass is 31.3. The fourth-order valence-corrected chi connectivity index (χ4v) is 2.26. The number of rotatable bonds is 3. The van der Waals surface area contributed by atoms with Gasteiger partial charge in [-0.2, -0.15) is 9.79 Å². The van der Waals surface area contributed by atoms with Crippen molar-refractivity contribution < 1.29 is 28.4 Å². The van der Waals surface area contributed by atoms with Crippen LogP contribution in [0.15, 0.2) is 0 Å². The maximum Gasteiger partial charge on any atom is 0.508 e. The molecule has 0 aromatic heterocycles. The average molecular weight is 205 g/mol. The zero-order chi connectivity index (χ0) is 9.28. The predicted octanol–water partition coefficient (Wildman–Crippen LogP) is 0.251. The first-order valence-electron chi connectivity index (χ1n) is 2.76. The van der Waals surface area contributed by atoms with Crippen LogP contribution in [-0.2, 0) is 8.88 Å². The van der Waals surface area contributed by atoms with Gasteiger partial charge in [-0.1, -0.05) is 4.31 Å². The third-order valence-corrected chi connectivity index (χ3v) is 4.06. The first-order valence-corrected chi connectivity index (χ1v) is 5.97. The standard InChI is InChI=1S/C3H10O6P2/c1-3(2)10(4,5)9-11(6,7)8/h3-5H,1-2H3,(H-,6,7,8)/p+1. The van der Waals surface area contributed by atoms with Gasteiger partial charge >= 0.3 is 15.8 Å². The van der Waals surface area contributed by atoms with Crippen molar-refractivity contribution >= 4 is 15.8 Å². The van der Waals surface area contributed by atoms with E-state index in [1.807, 2.05) is 0 Å². The van der Waals surface area contributed by atoms with Gasteiger partial charge in [0, 0.05) is 0 Å². The molecule has 0 spiro atoms. The molecular formula is C3H11O6P2+. The van der Waals surface area contributed by atoms with Crippen LogP contribution in [0.3, 0.4) is 0 Å². The number of phosphoric acid groups is 1. The molecule has 4 N–H and O–H groups in total. The monoisotopic (exact) mass is 205 g/mol. The molecule has 0 bridgehead atoms. The number of hydrogen-bond acceptors (Lipinski definition) is 4. The van der Waals surface area contributed by atoms with Crippen molar-refractivity contribution in [3.63, 3.8) is 0 Å². The van der Waals surface area contributed by atoms with Crippen LogP contribution in [0.25, 0.3) is 0 Å². The minimum atomic E-state index is -4.79. The van der Waals surface area contributed by atoms with Gasteiger partial charge in [-0.15, -0.1) is 0 Å². The molecule has 0 heterocycles. The molecule has 0 rings (SSSR count). The average Bonchev–Trinajstić information content (AvgIpc) is 1.56. The summed E-state index contributed by atoms with van der Waals surface area (Å²) in [7, 11) is -8.69. The summed E-state index contributed by atoms with van der Waals surface area (Å²) in [5, 5.41) is 0. The van der Waals surface area contributed by atoms with Gasteiger partial charge in [0.25, 0.3) is 0 Å². The van der Waals surface area contributed by atoms with Crippen molar-refractivity contribution in [2.45, 2.75) is 19.5 Å². The Balaban J connectivity index is 4.25. The molecule has 0 radical (unpaired) electrons. The summed E-state index contributed by atoms with van der Waals surface area (Å²) >= 11 is 0. The van der Waals surface area contributed by atoms with Crippen LogP contribution < -0.4 is 0 Å². The largest absolute Gasteiger partial charge is 0.508 e. The van der Waals surface area contributed by atoms with E-state index in [4.69, 9.17) is 19.6 Å². The van der Waals surface area contributed by atoms with Crippen molar-refractivity contribution in [1.29, 1.82) is 0 Å². The van der Waals surface area contributed by atoms with E-state index in [0.717, 1.165) is 0 Å². The smallest absolute Gasteiger partial charge is 0.300 e. The van der Waals surface area contributed by atoms with Gasteiger partial charge in [-0.05, 0) is 13.8 Å². The molecule has 0 saturated heterocycles. The second-order valence-electron chi connectivity index (χ2n) is 2.26. The Bertz CT molecular complexity index is 171. The quantitative estimate of drug-likeness (QED) is 0.492. The zero-order valence-electron chi connectivity index (χ0n) is 6.08. The van der Waals surface area contributed by atoms with Gasteiger partial charge in [0.1, 0.15) is 5.66 Å². The Kier molecular flexibility index (Phi) is 3.60. The lowest BCUT2D eigenvalue weighted by Crippen LogP contribution is -2.06. The summed E-state index contributed by atoms with van der Waals surface area (Å²) in [4.78, 5) is 34.2. The van der Waals surface area contributed by atoms with Crippen molar-refractivity contribution in [2.24, 2.45) is 0 Å². The minimum absolute atomic E-state index is 0.713. The molecule has 0 fully saturated rings. The second kappa shape index (κ2) is 3.46. The summed E-state index contributed by atoms with van der Waals surface area (Å²) in [5.74, 6) is 0. The Labute approximate surface area is 64.7 Å². The van der Waals surface area contributed by atoms with Crippen molar-refractivity contribution in [2.75, 3.05) is 0 Å². The van der Waals surface area contributed by atoms with E-state index in [0.29, 0.717) is 0 Å². The Morgan fingerprint density at radius 2 is 1.73 bits per heavy atom. The summed E-state index contributed by atoms with van der Waals surface area (Å²) in [6.45, 7) is 2.78. The van der Waals surface area contributed by atoms with E-state index in [9.17, 15) is 4.57 Å². The third kappa shape index (κ3) is 4.82. The van der Waals surface area contributed by atoms with Gasteiger partial charge in [0.2, 0.25) is 0 Å². The Morgan fingerprint density at radius 3 is 1.82 bits per heavy atom. The molecule has 0 aromatic carbocycles. The predicted molar refractivity (Wildman–Crippen MR) is 39.6 cm³/mol. The Hall–Kier alpha value is 0.460. The minimum Gasteiger partial charge on any atom is -0.300 e. The normalized spacial score (nSPS) is 14.1. The van der Waals surface area contributed by atoms with Crippen LogP contribution in [0, 0.1) is 0 Å². The van der Waals surface area contributed by atoms with Crippen LogP contribution >= 0.6 is 15.8 Å². The second-order valence-corrected chi connectivity index (χ2v) is 6.10. The lowest BCUT2D eigenvalue weighted by molar-refractivity contribution is 0.243. The van der Waals surface area contributed by atoms with Gasteiger partial charge < -0.3 is 9.79 Å². The molecule has 0 aromatic rings. The van der Waals surface area contributed by atoms with Gasteiger partial charge in [0.15, 0.2) is 0 Å². The van der Waals surface area contributed by atoms with E-state index < -0.39 is 21.4 Å². The maximum atomic E-state index is 10.1. The fraction of sp³-hybridized carbons (Fsp3) is 1.00. The summed E-state index contributed by atoms with van der Waals surface area (Å²) in [6.07, 6.45) is 0. The molecule has 0 aliphatic rings. The van der Waals surface area contributed by atoms with E-state index in [1.165, 1.54) is 13.8 Å². The van der Waals surface area contributed by atoms with Gasteiger partial charge in [0.05, 0.1) is 0 Å². The summed E-state index contributed by atoms with van der Waals surface area (Å²) in [5.41, 5.74) is -0.713. The SMILES string of the molecule is CC(C)[P+](O)(O)OP(=O)(O)O. The highest BCUT2D eigenvalue weighted by Crippen LogP contribution is 2.65. The lowest BCUT2D eigenvalue weighted by atomic mass is 10.6. The van der Waals surface area contributed by atoms with Gasteiger partial charge in [-0.3, -0.25) is 0 Å². The van der Waals surface area contributed by atoms with Crippen LogP contribution in [-0.4, -0.2) is 25.2 Å². The van der Waals surface area contributed by atoms with Crippen LogP contribution in [0.4, 0.5) is 0 Å². The molecule has 0 aliphatic heterocycles. The van der Waals surface area contributed by atoms with E-state index >= 15 is 0 Å². The van der Waals surface area contributed by atoms with Crippen molar-refractivity contribution in [3.05, 3.63) is 0 Å². The molecule has 0 atom stereocenters. The first kappa shape index (κ1) is 11.5. The van der Waals surface area contributed by atoms with Crippen LogP contribution in [0.1, 0.15) is 13.8 Å². The van der Waals surface area contributed by atoms with Crippen LogP contribution in [0.5, 0.6) is 0 Å². The summed E-state index contributed by atoms with van der Waals surface area (Å²) < 4.78 is 13.9. The first-order chi connectivity index (χ1) is 4.65. The highest BCUT2D eigenvalue weighted by Gasteiger charge is 2.47. The van der Waals surface area contributed by atoms with Crippen molar-refractivity contribution in [3.8, 4) is 0 Å².